The Labute approximate surface area is 112 Å². The van der Waals surface area contributed by atoms with Gasteiger partial charge in [-0.3, -0.25) is 9.69 Å². The van der Waals surface area contributed by atoms with E-state index < -0.39 is 0 Å². The number of aromatic hydroxyl groups is 1. The van der Waals surface area contributed by atoms with Gasteiger partial charge in [-0.1, -0.05) is 0 Å². The van der Waals surface area contributed by atoms with Gasteiger partial charge in [-0.25, -0.2) is 4.98 Å². The third-order valence-corrected chi connectivity index (χ3v) is 4.18. The van der Waals surface area contributed by atoms with Crippen molar-refractivity contribution in [3.05, 3.63) is 23.9 Å². The van der Waals surface area contributed by atoms with Crippen molar-refractivity contribution in [2.45, 2.75) is 38.4 Å². The van der Waals surface area contributed by atoms with Gasteiger partial charge in [0.25, 0.3) is 5.91 Å². The summed E-state index contributed by atoms with van der Waals surface area (Å²) in [5, 5.41) is 9.16. The molecule has 1 amide bonds. The van der Waals surface area contributed by atoms with E-state index in [1.54, 1.807) is 6.07 Å². The molecule has 0 saturated carbocycles. The van der Waals surface area contributed by atoms with Crippen LogP contribution in [0.1, 0.15) is 30.6 Å². The van der Waals surface area contributed by atoms with Gasteiger partial charge in [0, 0.05) is 43.5 Å². The lowest BCUT2D eigenvalue weighted by atomic mass is 9.86. The van der Waals surface area contributed by atoms with Crippen LogP contribution in [0.4, 0.5) is 0 Å². The number of rotatable bonds is 2. The first-order valence-electron chi connectivity index (χ1n) is 6.78. The number of fused-ring (bicyclic) bond motifs is 2. The number of nitrogens with zero attached hydrogens (tertiary/aromatic N) is 3. The summed E-state index contributed by atoms with van der Waals surface area (Å²) in [5.74, 6) is -0.0107. The second-order valence-corrected chi connectivity index (χ2v) is 5.71. The molecule has 3 aliphatic heterocycles. The third-order valence-electron chi connectivity index (χ3n) is 4.18. The van der Waals surface area contributed by atoms with Crippen molar-refractivity contribution in [3.8, 4) is 5.88 Å². The molecule has 0 radical (unpaired) electrons. The van der Waals surface area contributed by atoms with E-state index in [0.29, 0.717) is 23.7 Å². The van der Waals surface area contributed by atoms with Crippen LogP contribution in [0.5, 0.6) is 5.88 Å². The fourth-order valence-corrected chi connectivity index (χ4v) is 3.06. The summed E-state index contributed by atoms with van der Waals surface area (Å²) in [5.41, 5.74) is 0.561. The molecule has 102 valence electrons. The molecule has 4 rings (SSSR count). The molecule has 2 bridgehead atoms. The Balaban J connectivity index is 1.72. The van der Waals surface area contributed by atoms with E-state index in [1.165, 1.54) is 12.3 Å². The topological polar surface area (TPSA) is 56.7 Å². The van der Waals surface area contributed by atoms with Crippen molar-refractivity contribution < 1.29 is 9.90 Å². The van der Waals surface area contributed by atoms with Gasteiger partial charge < -0.3 is 10.0 Å². The van der Waals surface area contributed by atoms with Crippen molar-refractivity contribution in [2.75, 3.05) is 13.1 Å². The van der Waals surface area contributed by atoms with Crippen molar-refractivity contribution in [3.63, 3.8) is 0 Å². The minimum absolute atomic E-state index is 0.0390. The molecule has 3 aliphatic rings. The lowest BCUT2D eigenvalue weighted by Gasteiger charge is -2.57. The van der Waals surface area contributed by atoms with Crippen molar-refractivity contribution in [1.29, 1.82) is 0 Å². The maximum absolute atomic E-state index is 12.4. The first-order valence-corrected chi connectivity index (χ1v) is 6.78. The van der Waals surface area contributed by atoms with Crippen molar-refractivity contribution >= 4 is 5.91 Å². The molecule has 2 unspecified atom stereocenters. The molecule has 1 aromatic heterocycles. The maximum Gasteiger partial charge on any atom is 0.256 e. The standard InChI is InChI=1S/C14H19N3O2/c1-9(2)16-7-11-5-12(8-16)17(11)14(19)10-3-4-13(18)15-6-10/h3-4,6,9,11-12H,5,7-8H2,1-2H3,(H,15,18). The quantitative estimate of drug-likeness (QED) is 0.866. The molecule has 4 heterocycles. The van der Waals surface area contributed by atoms with Crippen LogP contribution in [0.15, 0.2) is 18.3 Å². The van der Waals surface area contributed by atoms with E-state index in [2.05, 4.69) is 23.7 Å². The molecular formula is C14H19N3O2. The summed E-state index contributed by atoms with van der Waals surface area (Å²) in [6, 6.07) is 4.31. The SMILES string of the molecule is CC(C)N1CC2CC(C1)N2C(=O)c1ccc(O)nc1. The van der Waals surface area contributed by atoms with E-state index >= 15 is 0 Å². The second kappa shape index (κ2) is 4.49. The van der Waals surface area contributed by atoms with Crippen LogP contribution in [0.25, 0.3) is 0 Å². The van der Waals surface area contributed by atoms with Gasteiger partial charge in [-0.2, -0.15) is 0 Å². The molecule has 0 aromatic carbocycles. The average Bonchev–Trinajstić information content (AvgIpc) is 2.39. The van der Waals surface area contributed by atoms with Gasteiger partial charge in [-0.05, 0) is 26.3 Å². The largest absolute Gasteiger partial charge is 0.493 e. The number of piperidine rings is 1. The zero-order valence-corrected chi connectivity index (χ0v) is 11.3. The number of hydrogen-bond donors (Lipinski definition) is 1. The van der Waals surface area contributed by atoms with E-state index in [9.17, 15) is 4.79 Å². The number of carbonyl (C=O) groups excluding carboxylic acids is 1. The van der Waals surface area contributed by atoms with Crippen LogP contribution >= 0.6 is 0 Å². The minimum atomic E-state index is -0.0497. The summed E-state index contributed by atoms with van der Waals surface area (Å²) >= 11 is 0. The number of hydrogen-bond acceptors (Lipinski definition) is 4. The van der Waals surface area contributed by atoms with Gasteiger partial charge in [0.15, 0.2) is 0 Å². The zero-order valence-electron chi connectivity index (χ0n) is 11.3. The Bertz CT molecular complexity index is 474. The van der Waals surface area contributed by atoms with Crippen molar-refractivity contribution in [1.82, 2.24) is 14.8 Å². The van der Waals surface area contributed by atoms with Gasteiger partial charge >= 0.3 is 0 Å². The summed E-state index contributed by atoms with van der Waals surface area (Å²) in [4.78, 5) is 20.6. The Kier molecular flexibility index (Phi) is 2.93. The molecule has 5 heteroatoms. The predicted molar refractivity (Wildman–Crippen MR) is 71.0 cm³/mol. The van der Waals surface area contributed by atoms with E-state index in [0.717, 1.165) is 19.5 Å². The number of amides is 1. The fraction of sp³-hybridized carbons (Fsp3) is 0.571. The fourth-order valence-electron chi connectivity index (χ4n) is 3.06. The van der Waals surface area contributed by atoms with E-state index in [4.69, 9.17) is 5.11 Å². The van der Waals surface area contributed by atoms with Gasteiger partial charge in [-0.15, -0.1) is 0 Å². The summed E-state index contributed by atoms with van der Waals surface area (Å²) in [6.45, 7) is 6.32. The number of piperazine rings is 1. The van der Waals surface area contributed by atoms with Gasteiger partial charge in [0.1, 0.15) is 0 Å². The van der Waals surface area contributed by atoms with Crippen molar-refractivity contribution in [2.24, 2.45) is 0 Å². The zero-order chi connectivity index (χ0) is 13.6. The summed E-state index contributed by atoms with van der Waals surface area (Å²) in [7, 11) is 0. The molecule has 1 aromatic rings. The molecule has 0 spiro atoms. The molecule has 3 saturated heterocycles. The number of aromatic nitrogens is 1. The van der Waals surface area contributed by atoms with E-state index in [1.807, 2.05) is 4.90 Å². The highest BCUT2D eigenvalue weighted by atomic mass is 16.3. The second-order valence-electron chi connectivity index (χ2n) is 5.71. The molecule has 2 atom stereocenters. The maximum atomic E-state index is 12.4. The smallest absolute Gasteiger partial charge is 0.256 e. The molecular weight excluding hydrogens is 242 g/mol. The Morgan fingerprint density at radius 2 is 2.05 bits per heavy atom. The summed E-state index contributed by atoms with van der Waals surface area (Å²) < 4.78 is 0. The van der Waals surface area contributed by atoms with Crippen LogP contribution in [-0.4, -0.2) is 57.0 Å². The van der Waals surface area contributed by atoms with Crippen LogP contribution < -0.4 is 0 Å². The molecule has 1 N–H and O–H groups in total. The Hall–Kier alpha value is -1.62. The number of pyridine rings is 1. The van der Waals surface area contributed by atoms with Crippen LogP contribution in [-0.2, 0) is 0 Å². The Morgan fingerprint density at radius 1 is 1.37 bits per heavy atom. The third kappa shape index (κ3) is 2.08. The first-order chi connectivity index (χ1) is 9.06. The number of carbonyl (C=O) groups is 1. The van der Waals surface area contributed by atoms with Crippen LogP contribution in [0.3, 0.4) is 0 Å². The Morgan fingerprint density at radius 3 is 2.58 bits per heavy atom. The molecule has 0 aliphatic carbocycles. The predicted octanol–water partition coefficient (Wildman–Crippen LogP) is 1.09. The molecule has 5 nitrogen and oxygen atoms in total. The highest BCUT2D eigenvalue weighted by Crippen LogP contribution is 2.34. The van der Waals surface area contributed by atoms with Crippen LogP contribution in [0.2, 0.25) is 0 Å². The average molecular weight is 261 g/mol. The monoisotopic (exact) mass is 261 g/mol. The lowest BCUT2D eigenvalue weighted by Crippen LogP contribution is -2.70. The van der Waals surface area contributed by atoms with Gasteiger partial charge in [0.2, 0.25) is 5.88 Å². The first kappa shape index (κ1) is 12.4. The molecule has 19 heavy (non-hydrogen) atoms. The molecule has 3 fully saturated rings. The summed E-state index contributed by atoms with van der Waals surface area (Å²) in [6.07, 6.45) is 2.56. The highest BCUT2D eigenvalue weighted by molar-refractivity contribution is 5.95. The van der Waals surface area contributed by atoms with E-state index in [-0.39, 0.29) is 11.8 Å². The lowest BCUT2D eigenvalue weighted by molar-refractivity contribution is -0.0563. The van der Waals surface area contributed by atoms with Crippen LogP contribution in [0, 0.1) is 0 Å². The normalized spacial score (nSPS) is 26.4. The minimum Gasteiger partial charge on any atom is -0.493 e. The highest BCUT2D eigenvalue weighted by Gasteiger charge is 2.47. The van der Waals surface area contributed by atoms with Gasteiger partial charge in [0.05, 0.1) is 5.56 Å².